The minimum Gasteiger partial charge on any atom is -0.0817 e. The van der Waals surface area contributed by atoms with Gasteiger partial charge in [0.25, 0.3) is 0 Å². The number of allylic oxidation sites excluding steroid dienone is 2. The van der Waals surface area contributed by atoms with E-state index < -0.39 is 0 Å². The molecule has 0 aliphatic heterocycles. The van der Waals surface area contributed by atoms with Gasteiger partial charge in [-0.1, -0.05) is 186 Å². The molecular weight excluding hydrogens is 769 g/mol. The molecule has 0 aromatic rings. The molecule has 9 fully saturated rings. The summed E-state index contributed by atoms with van der Waals surface area (Å²) < 4.78 is 0. The maximum atomic E-state index is 3.01. The van der Waals surface area contributed by atoms with E-state index in [2.05, 4.69) is 19.9 Å². The second-order valence-electron chi connectivity index (χ2n) is 26.6. The Hall–Kier alpha value is -0.260. The minimum atomic E-state index is 0.684. The van der Waals surface area contributed by atoms with Crippen LogP contribution in [0, 0.1) is 94.2 Å². The zero-order chi connectivity index (χ0) is 43.6. The predicted molar refractivity (Wildman–Crippen MR) is 277 cm³/mol. The van der Waals surface area contributed by atoms with Gasteiger partial charge >= 0.3 is 0 Å². The van der Waals surface area contributed by atoms with Crippen LogP contribution < -0.4 is 0 Å². The largest absolute Gasteiger partial charge is 0.0817 e. The highest BCUT2D eigenvalue weighted by atomic mass is 14.7. The number of hydrogen-bond donors (Lipinski definition) is 0. The highest BCUT2D eigenvalue weighted by Gasteiger charge is 2.61. The average molecular weight is 880 g/mol. The molecule has 9 rings (SSSR count). The standard InChI is InChI=1S/C64H110/c1-3-5-7-9-23-43-64(42-22-8-6-4-2)62-46-55(49-34-32-48(33-35-49)44-60(51-26-16-11-17-27-51)52-28-18-12-19-29-52)37-40-58(62)59-41-38-56(47-63(59)64)54-36-39-57(50-24-14-10-15-25-50)61(45-54)53-30-20-13-21-31-53/h44,48-59,61-63H,3-43,45-47H2,1-2H3. The fraction of sp³-hybridized carbons (Fsp3) is 0.969. The fourth-order valence-electron chi connectivity index (χ4n) is 20.2. The molecule has 10 unspecified atom stereocenters. The average Bonchev–Trinajstić information content (AvgIpc) is 3.63. The third kappa shape index (κ3) is 11.7. The SMILES string of the molecule is CCCCCCCC1(CCCCCC)C2CC(C3CCC(C=C(C4CCCCC4)C4CCCCC4)CC3)CCC2C2CCC(C3CCC(C4CCCCC4)C(C4CCCCC4)C3)CC21. The topological polar surface area (TPSA) is 0 Å². The molecule has 0 amide bonds. The molecule has 0 heterocycles. The van der Waals surface area contributed by atoms with Gasteiger partial charge in [-0.25, -0.2) is 0 Å². The lowest BCUT2D eigenvalue weighted by Crippen LogP contribution is -2.42. The van der Waals surface area contributed by atoms with Crippen molar-refractivity contribution < 1.29 is 0 Å². The quantitative estimate of drug-likeness (QED) is 0.0951. The Morgan fingerprint density at radius 1 is 0.344 bits per heavy atom. The second kappa shape index (κ2) is 24.5. The van der Waals surface area contributed by atoms with E-state index in [4.69, 9.17) is 0 Å². The van der Waals surface area contributed by atoms with E-state index in [1.807, 2.05) is 5.57 Å². The van der Waals surface area contributed by atoms with Crippen molar-refractivity contribution in [2.75, 3.05) is 0 Å². The molecule has 0 aromatic carbocycles. The van der Waals surface area contributed by atoms with Crippen molar-refractivity contribution >= 4 is 0 Å². The van der Waals surface area contributed by atoms with Crippen LogP contribution in [0.1, 0.15) is 296 Å². The summed E-state index contributed by atoms with van der Waals surface area (Å²) in [6.45, 7) is 4.90. The van der Waals surface area contributed by atoms with Crippen molar-refractivity contribution in [3.8, 4) is 0 Å². The van der Waals surface area contributed by atoms with E-state index >= 15 is 0 Å². The van der Waals surface area contributed by atoms with Crippen LogP contribution in [0.15, 0.2) is 11.6 Å². The molecule has 9 aliphatic rings. The van der Waals surface area contributed by atoms with Crippen molar-refractivity contribution in [1.82, 2.24) is 0 Å². The molecule has 64 heavy (non-hydrogen) atoms. The number of unbranched alkanes of at least 4 members (excludes halogenated alkanes) is 7. The van der Waals surface area contributed by atoms with Crippen LogP contribution in [-0.2, 0) is 0 Å². The van der Waals surface area contributed by atoms with E-state index in [1.54, 1.807) is 148 Å². The van der Waals surface area contributed by atoms with Gasteiger partial charge in [0.15, 0.2) is 0 Å². The second-order valence-corrected chi connectivity index (χ2v) is 26.6. The molecule has 0 saturated heterocycles. The molecule has 0 heteroatoms. The maximum absolute atomic E-state index is 3.01. The fourth-order valence-corrected chi connectivity index (χ4v) is 20.2. The van der Waals surface area contributed by atoms with Gasteiger partial charge in [-0.05, 0) is 216 Å². The van der Waals surface area contributed by atoms with Crippen molar-refractivity contribution in [3.05, 3.63) is 11.6 Å². The van der Waals surface area contributed by atoms with E-state index in [9.17, 15) is 0 Å². The zero-order valence-corrected chi connectivity index (χ0v) is 43.4. The Labute approximate surface area is 400 Å². The minimum absolute atomic E-state index is 0.684. The lowest BCUT2D eigenvalue weighted by molar-refractivity contribution is -0.00946. The Kier molecular flexibility index (Phi) is 18.7. The molecule has 9 aliphatic carbocycles. The number of rotatable bonds is 18. The predicted octanol–water partition coefficient (Wildman–Crippen LogP) is 20.5. The first kappa shape index (κ1) is 48.8. The highest BCUT2D eigenvalue weighted by molar-refractivity contribution is 5.16. The summed E-state index contributed by atoms with van der Waals surface area (Å²) in [5.41, 5.74) is 2.70. The normalized spacial score (nSPS) is 39.9. The van der Waals surface area contributed by atoms with Gasteiger partial charge in [0, 0.05) is 0 Å². The highest BCUT2D eigenvalue weighted by Crippen LogP contribution is 2.69. The molecule has 0 N–H and O–H groups in total. The molecule has 0 bridgehead atoms. The first-order valence-electron chi connectivity index (χ1n) is 31.4. The van der Waals surface area contributed by atoms with Crippen molar-refractivity contribution in [3.63, 3.8) is 0 Å². The Bertz CT molecular complexity index is 1320. The zero-order valence-electron chi connectivity index (χ0n) is 43.4. The van der Waals surface area contributed by atoms with Crippen molar-refractivity contribution in [1.29, 1.82) is 0 Å². The summed E-state index contributed by atoms with van der Waals surface area (Å²) in [5.74, 6) is 15.8. The molecule has 0 radical (unpaired) electrons. The smallest absolute Gasteiger partial charge is 0.0200 e. The van der Waals surface area contributed by atoms with Gasteiger partial charge in [-0.2, -0.15) is 0 Å². The molecule has 0 nitrogen and oxygen atoms in total. The third-order valence-corrected chi connectivity index (χ3v) is 23.4. The molecule has 0 aromatic heterocycles. The molecule has 9 saturated carbocycles. The Morgan fingerprint density at radius 2 is 0.750 bits per heavy atom. The van der Waals surface area contributed by atoms with E-state index in [0.717, 1.165) is 88.8 Å². The van der Waals surface area contributed by atoms with E-state index in [1.165, 1.54) is 135 Å². The van der Waals surface area contributed by atoms with Gasteiger partial charge in [-0.3, -0.25) is 0 Å². The molecule has 0 spiro atoms. The lowest BCUT2D eigenvalue weighted by atomic mass is 9.54. The first-order valence-corrected chi connectivity index (χ1v) is 31.4. The van der Waals surface area contributed by atoms with Gasteiger partial charge in [-0.15, -0.1) is 0 Å². The maximum Gasteiger partial charge on any atom is -0.0200 e. The lowest BCUT2D eigenvalue weighted by Gasteiger charge is -2.51. The van der Waals surface area contributed by atoms with Crippen molar-refractivity contribution in [2.24, 2.45) is 94.2 Å². The van der Waals surface area contributed by atoms with Crippen LogP contribution in [0.25, 0.3) is 0 Å². The van der Waals surface area contributed by atoms with Crippen LogP contribution in [0.5, 0.6) is 0 Å². The van der Waals surface area contributed by atoms with Crippen LogP contribution >= 0.6 is 0 Å². The monoisotopic (exact) mass is 879 g/mol. The van der Waals surface area contributed by atoms with Gasteiger partial charge in [0.1, 0.15) is 0 Å². The summed E-state index contributed by atoms with van der Waals surface area (Å²) >= 11 is 0. The molecule has 366 valence electrons. The Morgan fingerprint density at radius 3 is 1.27 bits per heavy atom. The number of hydrogen-bond acceptors (Lipinski definition) is 0. The summed E-state index contributed by atoms with van der Waals surface area (Å²) in [5, 5.41) is 0. The third-order valence-electron chi connectivity index (χ3n) is 23.4. The van der Waals surface area contributed by atoms with Gasteiger partial charge in [0.2, 0.25) is 0 Å². The van der Waals surface area contributed by atoms with E-state index in [0.29, 0.717) is 5.41 Å². The summed E-state index contributed by atoms with van der Waals surface area (Å²) in [6.07, 6.45) is 71.5. The summed E-state index contributed by atoms with van der Waals surface area (Å²) in [6, 6.07) is 0. The van der Waals surface area contributed by atoms with Crippen molar-refractivity contribution in [2.45, 2.75) is 296 Å². The van der Waals surface area contributed by atoms with Crippen LogP contribution in [-0.4, -0.2) is 0 Å². The molecular formula is C64H110. The Balaban J connectivity index is 0.915. The summed E-state index contributed by atoms with van der Waals surface area (Å²) in [7, 11) is 0. The van der Waals surface area contributed by atoms with Crippen LogP contribution in [0.4, 0.5) is 0 Å². The van der Waals surface area contributed by atoms with Gasteiger partial charge in [0.05, 0.1) is 0 Å². The van der Waals surface area contributed by atoms with Gasteiger partial charge < -0.3 is 0 Å². The first-order chi connectivity index (χ1) is 31.6. The van der Waals surface area contributed by atoms with Crippen LogP contribution in [0.2, 0.25) is 0 Å². The summed E-state index contributed by atoms with van der Waals surface area (Å²) in [4.78, 5) is 0. The van der Waals surface area contributed by atoms with Crippen LogP contribution in [0.3, 0.4) is 0 Å². The molecule has 10 atom stereocenters. The van der Waals surface area contributed by atoms with E-state index in [-0.39, 0.29) is 0 Å². The number of fused-ring (bicyclic) bond motifs is 3.